The lowest BCUT2D eigenvalue weighted by Crippen LogP contribution is -2.27. The summed E-state index contributed by atoms with van der Waals surface area (Å²) >= 11 is 0. The standard InChI is InChI=1S/C14H19NO2/c1-3-17-13-8-6-11(7-9-13)10(2)15-14(16)12-4-5-12/h6-10,12H,3-5H2,1-2H3,(H,15,16)/t10-/m1/s1. The van der Waals surface area contributed by atoms with Gasteiger partial charge in [0, 0.05) is 5.92 Å². The van der Waals surface area contributed by atoms with Crippen LogP contribution in [0.4, 0.5) is 0 Å². The van der Waals surface area contributed by atoms with E-state index in [9.17, 15) is 4.79 Å². The van der Waals surface area contributed by atoms with Crippen LogP contribution in [0.15, 0.2) is 24.3 Å². The van der Waals surface area contributed by atoms with Gasteiger partial charge in [0.15, 0.2) is 0 Å². The highest BCUT2D eigenvalue weighted by atomic mass is 16.5. The van der Waals surface area contributed by atoms with Crippen molar-refractivity contribution in [3.05, 3.63) is 29.8 Å². The maximum Gasteiger partial charge on any atom is 0.223 e. The van der Waals surface area contributed by atoms with Crippen LogP contribution in [-0.2, 0) is 4.79 Å². The number of rotatable bonds is 5. The molecular weight excluding hydrogens is 214 g/mol. The highest BCUT2D eigenvalue weighted by Gasteiger charge is 2.30. The van der Waals surface area contributed by atoms with Crippen molar-refractivity contribution in [3.8, 4) is 5.75 Å². The van der Waals surface area contributed by atoms with E-state index >= 15 is 0 Å². The third-order valence-corrected chi connectivity index (χ3v) is 3.00. The molecule has 0 bridgehead atoms. The predicted octanol–water partition coefficient (Wildman–Crippen LogP) is 2.67. The molecular formula is C14H19NO2. The van der Waals surface area contributed by atoms with Crippen LogP contribution in [0.2, 0.25) is 0 Å². The molecule has 1 aliphatic rings. The maximum atomic E-state index is 11.6. The van der Waals surface area contributed by atoms with E-state index in [0.29, 0.717) is 6.61 Å². The Hall–Kier alpha value is -1.51. The van der Waals surface area contributed by atoms with Gasteiger partial charge in [0.25, 0.3) is 0 Å². The zero-order valence-corrected chi connectivity index (χ0v) is 10.4. The summed E-state index contributed by atoms with van der Waals surface area (Å²) in [6, 6.07) is 7.96. The molecule has 92 valence electrons. The van der Waals surface area contributed by atoms with Gasteiger partial charge in [-0.1, -0.05) is 12.1 Å². The van der Waals surface area contributed by atoms with Gasteiger partial charge in [-0.25, -0.2) is 0 Å². The topological polar surface area (TPSA) is 38.3 Å². The Morgan fingerprint density at radius 1 is 1.41 bits per heavy atom. The second-order valence-corrected chi connectivity index (χ2v) is 4.51. The van der Waals surface area contributed by atoms with Crippen LogP contribution in [0.25, 0.3) is 0 Å². The molecule has 1 aliphatic carbocycles. The van der Waals surface area contributed by atoms with Gasteiger partial charge in [-0.15, -0.1) is 0 Å². The fourth-order valence-corrected chi connectivity index (χ4v) is 1.78. The highest BCUT2D eigenvalue weighted by molar-refractivity contribution is 5.81. The number of ether oxygens (including phenoxy) is 1. The lowest BCUT2D eigenvalue weighted by Gasteiger charge is -2.14. The van der Waals surface area contributed by atoms with E-state index in [4.69, 9.17) is 4.74 Å². The van der Waals surface area contributed by atoms with Gasteiger partial charge in [-0.2, -0.15) is 0 Å². The Labute approximate surface area is 102 Å². The van der Waals surface area contributed by atoms with E-state index in [1.54, 1.807) is 0 Å². The quantitative estimate of drug-likeness (QED) is 0.849. The minimum Gasteiger partial charge on any atom is -0.494 e. The van der Waals surface area contributed by atoms with Crippen molar-refractivity contribution >= 4 is 5.91 Å². The molecule has 2 rings (SSSR count). The Balaban J connectivity index is 1.93. The lowest BCUT2D eigenvalue weighted by molar-refractivity contribution is -0.122. The number of benzene rings is 1. The summed E-state index contributed by atoms with van der Waals surface area (Å²) in [7, 11) is 0. The Morgan fingerprint density at radius 3 is 2.59 bits per heavy atom. The second kappa shape index (κ2) is 5.21. The predicted molar refractivity (Wildman–Crippen MR) is 66.9 cm³/mol. The summed E-state index contributed by atoms with van der Waals surface area (Å²) in [5.41, 5.74) is 1.11. The van der Waals surface area contributed by atoms with Crippen LogP contribution < -0.4 is 10.1 Å². The first-order valence-electron chi connectivity index (χ1n) is 6.24. The smallest absolute Gasteiger partial charge is 0.223 e. The zero-order chi connectivity index (χ0) is 12.3. The monoisotopic (exact) mass is 233 g/mol. The minimum atomic E-state index is 0.0683. The van der Waals surface area contributed by atoms with E-state index in [1.807, 2.05) is 38.1 Å². The minimum absolute atomic E-state index is 0.0683. The molecule has 3 heteroatoms. The van der Waals surface area contributed by atoms with Gasteiger partial charge in [-0.05, 0) is 44.4 Å². The number of carbonyl (C=O) groups excluding carboxylic acids is 1. The number of hydrogen-bond donors (Lipinski definition) is 1. The first-order chi connectivity index (χ1) is 8.20. The third kappa shape index (κ3) is 3.22. The fraction of sp³-hybridized carbons (Fsp3) is 0.500. The van der Waals surface area contributed by atoms with Gasteiger partial charge in [0.1, 0.15) is 5.75 Å². The van der Waals surface area contributed by atoms with Crippen molar-refractivity contribution in [3.63, 3.8) is 0 Å². The van der Waals surface area contributed by atoms with E-state index in [2.05, 4.69) is 5.32 Å². The maximum absolute atomic E-state index is 11.6. The van der Waals surface area contributed by atoms with Crippen LogP contribution in [0.3, 0.4) is 0 Å². The number of amides is 1. The number of carbonyl (C=O) groups is 1. The van der Waals surface area contributed by atoms with Gasteiger partial charge < -0.3 is 10.1 Å². The summed E-state index contributed by atoms with van der Waals surface area (Å²) in [5.74, 6) is 1.32. The Bertz CT molecular complexity index is 382. The molecule has 1 amide bonds. The van der Waals surface area contributed by atoms with Crippen molar-refractivity contribution < 1.29 is 9.53 Å². The van der Waals surface area contributed by atoms with Crippen LogP contribution in [0.5, 0.6) is 5.75 Å². The molecule has 0 radical (unpaired) electrons. The van der Waals surface area contributed by atoms with Crippen LogP contribution in [-0.4, -0.2) is 12.5 Å². The molecule has 1 atom stereocenters. The molecule has 1 aromatic carbocycles. The molecule has 0 unspecified atom stereocenters. The summed E-state index contributed by atoms with van der Waals surface area (Å²) in [4.78, 5) is 11.6. The van der Waals surface area contributed by atoms with E-state index in [-0.39, 0.29) is 17.9 Å². The molecule has 0 aromatic heterocycles. The highest BCUT2D eigenvalue weighted by Crippen LogP contribution is 2.29. The molecule has 0 saturated heterocycles. The number of nitrogens with one attached hydrogen (secondary N) is 1. The van der Waals surface area contributed by atoms with Gasteiger partial charge >= 0.3 is 0 Å². The largest absolute Gasteiger partial charge is 0.494 e. The van der Waals surface area contributed by atoms with Gasteiger partial charge in [0.2, 0.25) is 5.91 Å². The molecule has 17 heavy (non-hydrogen) atoms. The molecule has 1 fully saturated rings. The van der Waals surface area contributed by atoms with Crippen molar-refractivity contribution in [2.24, 2.45) is 5.92 Å². The first kappa shape index (κ1) is 12.0. The normalized spacial score (nSPS) is 16.4. The molecule has 0 aliphatic heterocycles. The Morgan fingerprint density at radius 2 is 2.06 bits per heavy atom. The molecule has 1 aromatic rings. The summed E-state index contributed by atoms with van der Waals surface area (Å²) in [5, 5.41) is 3.03. The third-order valence-electron chi connectivity index (χ3n) is 3.00. The Kier molecular flexibility index (Phi) is 3.67. The summed E-state index contributed by atoms with van der Waals surface area (Å²) in [6.45, 7) is 4.65. The molecule has 3 nitrogen and oxygen atoms in total. The fourth-order valence-electron chi connectivity index (χ4n) is 1.78. The van der Waals surface area contributed by atoms with E-state index in [1.165, 1.54) is 0 Å². The first-order valence-corrected chi connectivity index (χ1v) is 6.24. The van der Waals surface area contributed by atoms with Crippen LogP contribution in [0, 0.1) is 5.92 Å². The second-order valence-electron chi connectivity index (χ2n) is 4.51. The zero-order valence-electron chi connectivity index (χ0n) is 10.4. The molecule has 1 saturated carbocycles. The average molecular weight is 233 g/mol. The van der Waals surface area contributed by atoms with Crippen LogP contribution >= 0.6 is 0 Å². The van der Waals surface area contributed by atoms with Gasteiger partial charge in [-0.3, -0.25) is 4.79 Å². The van der Waals surface area contributed by atoms with Crippen molar-refractivity contribution in [2.45, 2.75) is 32.7 Å². The molecule has 0 spiro atoms. The summed E-state index contributed by atoms with van der Waals surface area (Å²) in [6.07, 6.45) is 2.09. The molecule has 1 N–H and O–H groups in total. The van der Waals surface area contributed by atoms with Gasteiger partial charge in [0.05, 0.1) is 12.6 Å². The van der Waals surface area contributed by atoms with E-state index < -0.39 is 0 Å². The van der Waals surface area contributed by atoms with Crippen molar-refractivity contribution in [1.29, 1.82) is 0 Å². The van der Waals surface area contributed by atoms with Crippen molar-refractivity contribution in [2.75, 3.05) is 6.61 Å². The van der Waals surface area contributed by atoms with Crippen molar-refractivity contribution in [1.82, 2.24) is 5.32 Å². The summed E-state index contributed by atoms with van der Waals surface area (Å²) < 4.78 is 5.38. The average Bonchev–Trinajstić information content (AvgIpc) is 3.14. The number of hydrogen-bond acceptors (Lipinski definition) is 2. The van der Waals surface area contributed by atoms with E-state index in [0.717, 1.165) is 24.2 Å². The SMILES string of the molecule is CCOc1ccc([C@@H](C)NC(=O)C2CC2)cc1. The van der Waals surface area contributed by atoms with Crippen LogP contribution in [0.1, 0.15) is 38.3 Å². The molecule has 0 heterocycles. The lowest BCUT2D eigenvalue weighted by atomic mass is 10.1.